The third kappa shape index (κ3) is 3.08. The second kappa shape index (κ2) is 5.48. The zero-order valence-electron chi connectivity index (χ0n) is 9.69. The van der Waals surface area contributed by atoms with Crippen molar-refractivity contribution in [2.75, 3.05) is 6.61 Å². The van der Waals surface area contributed by atoms with E-state index in [0.29, 0.717) is 12.3 Å². The largest absolute Gasteiger partial charge is 0.396 e. The SMILES string of the molecule is O=C(NC(CCO)C1CC1)C1CC=CCC1. The number of amides is 1. The molecule has 2 unspecified atom stereocenters. The van der Waals surface area contributed by atoms with E-state index in [-0.39, 0.29) is 24.5 Å². The van der Waals surface area contributed by atoms with Crippen molar-refractivity contribution in [3.63, 3.8) is 0 Å². The number of rotatable bonds is 5. The molecule has 0 bridgehead atoms. The molecule has 0 saturated heterocycles. The van der Waals surface area contributed by atoms with Gasteiger partial charge in [-0.3, -0.25) is 4.79 Å². The summed E-state index contributed by atoms with van der Waals surface area (Å²) in [5.74, 6) is 0.967. The van der Waals surface area contributed by atoms with Gasteiger partial charge in [0.1, 0.15) is 0 Å². The van der Waals surface area contributed by atoms with Crippen LogP contribution in [-0.2, 0) is 4.79 Å². The van der Waals surface area contributed by atoms with Crippen LogP contribution in [0.4, 0.5) is 0 Å². The molecule has 2 rings (SSSR count). The van der Waals surface area contributed by atoms with Crippen molar-refractivity contribution in [2.45, 2.75) is 44.6 Å². The fraction of sp³-hybridized carbons (Fsp3) is 0.769. The molecular formula is C13H21NO2. The van der Waals surface area contributed by atoms with E-state index in [1.807, 2.05) is 0 Å². The molecule has 2 aliphatic rings. The van der Waals surface area contributed by atoms with E-state index in [9.17, 15) is 4.79 Å². The van der Waals surface area contributed by atoms with Crippen LogP contribution in [0.15, 0.2) is 12.2 Å². The minimum atomic E-state index is 0.157. The number of allylic oxidation sites excluding steroid dienone is 2. The van der Waals surface area contributed by atoms with Crippen molar-refractivity contribution >= 4 is 5.91 Å². The highest BCUT2D eigenvalue weighted by atomic mass is 16.3. The fourth-order valence-electron chi connectivity index (χ4n) is 2.40. The summed E-state index contributed by atoms with van der Waals surface area (Å²) < 4.78 is 0. The van der Waals surface area contributed by atoms with Gasteiger partial charge in [-0.1, -0.05) is 12.2 Å². The van der Waals surface area contributed by atoms with Crippen LogP contribution in [0.5, 0.6) is 0 Å². The molecule has 0 aromatic carbocycles. The predicted octanol–water partition coefficient (Wildman–Crippen LogP) is 1.62. The number of nitrogens with one attached hydrogen (secondary N) is 1. The fourth-order valence-corrected chi connectivity index (χ4v) is 2.40. The summed E-state index contributed by atoms with van der Waals surface area (Å²) in [5, 5.41) is 12.1. The zero-order valence-corrected chi connectivity index (χ0v) is 9.69. The molecule has 3 heteroatoms. The first-order valence-corrected chi connectivity index (χ1v) is 6.37. The summed E-state index contributed by atoms with van der Waals surface area (Å²) in [6.45, 7) is 0.173. The van der Waals surface area contributed by atoms with E-state index in [1.165, 1.54) is 12.8 Å². The molecule has 2 N–H and O–H groups in total. The zero-order chi connectivity index (χ0) is 11.4. The number of aliphatic hydroxyl groups is 1. The van der Waals surface area contributed by atoms with Crippen molar-refractivity contribution in [1.29, 1.82) is 0 Å². The Labute approximate surface area is 96.9 Å². The maximum Gasteiger partial charge on any atom is 0.223 e. The molecule has 0 aromatic heterocycles. The first-order valence-electron chi connectivity index (χ1n) is 6.37. The standard InChI is InChI=1S/C13H21NO2/c15-9-8-12(10-6-7-10)14-13(16)11-4-2-1-3-5-11/h1-2,10-12,15H,3-9H2,(H,14,16). The van der Waals surface area contributed by atoms with Crippen LogP contribution in [-0.4, -0.2) is 23.7 Å². The molecule has 2 aliphatic carbocycles. The molecule has 2 atom stereocenters. The van der Waals surface area contributed by atoms with E-state index in [1.54, 1.807) is 0 Å². The third-order valence-corrected chi connectivity index (χ3v) is 3.60. The molecular weight excluding hydrogens is 202 g/mol. The molecule has 1 fully saturated rings. The second-order valence-electron chi connectivity index (χ2n) is 4.95. The Balaban J connectivity index is 1.81. The Kier molecular flexibility index (Phi) is 3.99. The Morgan fingerprint density at radius 2 is 2.19 bits per heavy atom. The smallest absolute Gasteiger partial charge is 0.223 e. The van der Waals surface area contributed by atoms with Crippen LogP contribution in [0.3, 0.4) is 0 Å². The van der Waals surface area contributed by atoms with E-state index in [4.69, 9.17) is 5.11 Å². The number of carbonyl (C=O) groups excluding carboxylic acids is 1. The Morgan fingerprint density at radius 1 is 1.38 bits per heavy atom. The van der Waals surface area contributed by atoms with Gasteiger partial charge in [-0.25, -0.2) is 0 Å². The lowest BCUT2D eigenvalue weighted by atomic mass is 9.93. The molecule has 0 aliphatic heterocycles. The molecule has 0 heterocycles. The van der Waals surface area contributed by atoms with Crippen LogP contribution < -0.4 is 5.32 Å². The predicted molar refractivity (Wildman–Crippen MR) is 62.8 cm³/mol. The van der Waals surface area contributed by atoms with Gasteiger partial charge in [-0.2, -0.15) is 0 Å². The first-order chi connectivity index (χ1) is 7.81. The topological polar surface area (TPSA) is 49.3 Å². The highest BCUT2D eigenvalue weighted by Gasteiger charge is 2.33. The van der Waals surface area contributed by atoms with Gasteiger partial charge in [0.2, 0.25) is 5.91 Å². The average Bonchev–Trinajstić information content (AvgIpc) is 3.13. The van der Waals surface area contributed by atoms with Crippen LogP contribution >= 0.6 is 0 Å². The highest BCUT2D eigenvalue weighted by Crippen LogP contribution is 2.34. The summed E-state index contributed by atoms with van der Waals surface area (Å²) in [6, 6.07) is 0.211. The summed E-state index contributed by atoms with van der Waals surface area (Å²) >= 11 is 0. The van der Waals surface area contributed by atoms with Crippen LogP contribution in [0.1, 0.15) is 38.5 Å². The van der Waals surface area contributed by atoms with Gasteiger partial charge >= 0.3 is 0 Å². The van der Waals surface area contributed by atoms with Crippen LogP contribution in [0, 0.1) is 11.8 Å². The van der Waals surface area contributed by atoms with E-state index in [0.717, 1.165) is 19.3 Å². The van der Waals surface area contributed by atoms with Gasteiger partial charge in [0.25, 0.3) is 0 Å². The van der Waals surface area contributed by atoms with Crippen molar-refractivity contribution in [2.24, 2.45) is 11.8 Å². The molecule has 0 spiro atoms. The number of hydrogen-bond acceptors (Lipinski definition) is 2. The molecule has 3 nitrogen and oxygen atoms in total. The molecule has 16 heavy (non-hydrogen) atoms. The third-order valence-electron chi connectivity index (χ3n) is 3.60. The molecule has 0 radical (unpaired) electrons. The Bertz CT molecular complexity index is 271. The van der Waals surface area contributed by atoms with E-state index >= 15 is 0 Å². The maximum atomic E-state index is 12.0. The van der Waals surface area contributed by atoms with Crippen molar-refractivity contribution in [1.82, 2.24) is 5.32 Å². The van der Waals surface area contributed by atoms with E-state index in [2.05, 4.69) is 17.5 Å². The molecule has 0 aromatic rings. The second-order valence-corrected chi connectivity index (χ2v) is 4.95. The lowest BCUT2D eigenvalue weighted by Crippen LogP contribution is -2.41. The number of carbonyl (C=O) groups is 1. The Morgan fingerprint density at radius 3 is 2.75 bits per heavy atom. The molecule has 90 valence electrons. The van der Waals surface area contributed by atoms with Gasteiger partial charge < -0.3 is 10.4 Å². The number of aliphatic hydroxyl groups excluding tert-OH is 1. The average molecular weight is 223 g/mol. The summed E-state index contributed by atoms with van der Waals surface area (Å²) in [5.41, 5.74) is 0. The number of hydrogen-bond donors (Lipinski definition) is 2. The summed E-state index contributed by atoms with van der Waals surface area (Å²) in [7, 11) is 0. The van der Waals surface area contributed by atoms with Gasteiger partial charge in [0, 0.05) is 18.6 Å². The van der Waals surface area contributed by atoms with Crippen LogP contribution in [0.2, 0.25) is 0 Å². The quantitative estimate of drug-likeness (QED) is 0.696. The van der Waals surface area contributed by atoms with E-state index < -0.39 is 0 Å². The van der Waals surface area contributed by atoms with Gasteiger partial charge in [0.15, 0.2) is 0 Å². The minimum absolute atomic E-state index is 0.157. The maximum absolute atomic E-state index is 12.0. The molecule has 1 saturated carbocycles. The monoisotopic (exact) mass is 223 g/mol. The van der Waals surface area contributed by atoms with Gasteiger partial charge in [-0.15, -0.1) is 0 Å². The normalized spacial score (nSPS) is 26.4. The highest BCUT2D eigenvalue weighted by molar-refractivity contribution is 5.79. The van der Waals surface area contributed by atoms with Gasteiger partial charge in [0.05, 0.1) is 0 Å². The minimum Gasteiger partial charge on any atom is -0.396 e. The lowest BCUT2D eigenvalue weighted by molar-refractivity contribution is -0.126. The van der Waals surface area contributed by atoms with Crippen molar-refractivity contribution in [3.05, 3.63) is 12.2 Å². The Hall–Kier alpha value is -0.830. The van der Waals surface area contributed by atoms with Crippen molar-refractivity contribution in [3.8, 4) is 0 Å². The van der Waals surface area contributed by atoms with Crippen LogP contribution in [0.25, 0.3) is 0 Å². The lowest BCUT2D eigenvalue weighted by Gasteiger charge is -2.22. The molecule has 1 amide bonds. The first kappa shape index (κ1) is 11.6. The van der Waals surface area contributed by atoms with Crippen molar-refractivity contribution < 1.29 is 9.90 Å². The summed E-state index contributed by atoms with van der Waals surface area (Å²) in [6.07, 6.45) is 10.2. The van der Waals surface area contributed by atoms with Gasteiger partial charge in [-0.05, 0) is 44.4 Å². The summed E-state index contributed by atoms with van der Waals surface area (Å²) in [4.78, 5) is 12.0.